The minimum Gasteiger partial charge on any atom is -0.364 e. The van der Waals surface area contributed by atoms with Crippen molar-refractivity contribution >= 4 is 16.9 Å². The molecule has 4 rings (SSSR count). The van der Waals surface area contributed by atoms with Crippen LogP contribution in [0.2, 0.25) is 0 Å². The highest BCUT2D eigenvalue weighted by Gasteiger charge is 2.15. The summed E-state index contributed by atoms with van der Waals surface area (Å²) in [5.74, 6) is -1.00. The van der Waals surface area contributed by atoms with E-state index in [1.807, 2.05) is 29.8 Å². The van der Waals surface area contributed by atoms with Gasteiger partial charge in [0.1, 0.15) is 11.5 Å². The second kappa shape index (κ2) is 6.03. The number of halogens is 1. The van der Waals surface area contributed by atoms with Gasteiger partial charge in [-0.15, -0.1) is 0 Å². The van der Waals surface area contributed by atoms with Crippen molar-refractivity contribution in [2.45, 2.75) is 0 Å². The summed E-state index contributed by atoms with van der Waals surface area (Å²) >= 11 is 0. The standard InChI is InChI=1S/C19H14FN5O/c1-25-10-23-14-7-4-12(8-16(14)25)18-17(11-2-5-13(20)6-3-11)22-9-15(24-18)19(21)26/h2-10H,1H3,(H2,21,26). The summed E-state index contributed by atoms with van der Waals surface area (Å²) in [4.78, 5) is 24.6. The first kappa shape index (κ1) is 15.9. The zero-order chi connectivity index (χ0) is 18.3. The first-order valence-electron chi connectivity index (χ1n) is 7.87. The molecular formula is C19H14FN5O. The summed E-state index contributed by atoms with van der Waals surface area (Å²) in [5.41, 5.74) is 9.67. The quantitative estimate of drug-likeness (QED) is 0.617. The fourth-order valence-corrected chi connectivity index (χ4v) is 2.80. The molecule has 2 heterocycles. The zero-order valence-electron chi connectivity index (χ0n) is 13.8. The molecule has 0 saturated heterocycles. The van der Waals surface area contributed by atoms with E-state index in [1.54, 1.807) is 18.5 Å². The van der Waals surface area contributed by atoms with Crippen molar-refractivity contribution in [1.82, 2.24) is 19.5 Å². The van der Waals surface area contributed by atoms with Gasteiger partial charge >= 0.3 is 0 Å². The Kier molecular flexibility index (Phi) is 3.69. The molecule has 26 heavy (non-hydrogen) atoms. The predicted octanol–water partition coefficient (Wildman–Crippen LogP) is 2.94. The molecule has 2 aromatic carbocycles. The SMILES string of the molecule is Cn1cnc2ccc(-c3nc(C(N)=O)cnc3-c3ccc(F)cc3)cc21. The fourth-order valence-electron chi connectivity index (χ4n) is 2.80. The summed E-state index contributed by atoms with van der Waals surface area (Å²) in [6.07, 6.45) is 3.05. The molecule has 128 valence electrons. The highest BCUT2D eigenvalue weighted by atomic mass is 19.1. The first-order chi connectivity index (χ1) is 12.5. The van der Waals surface area contributed by atoms with Gasteiger partial charge in [0.25, 0.3) is 5.91 Å². The molecule has 0 spiro atoms. The lowest BCUT2D eigenvalue weighted by Gasteiger charge is -2.10. The van der Waals surface area contributed by atoms with Crippen LogP contribution in [0, 0.1) is 5.82 Å². The molecule has 4 aromatic rings. The van der Waals surface area contributed by atoms with E-state index in [-0.39, 0.29) is 11.5 Å². The van der Waals surface area contributed by atoms with Gasteiger partial charge in [-0.25, -0.2) is 14.4 Å². The molecule has 0 radical (unpaired) electrons. The Balaban J connectivity index is 1.96. The molecule has 0 atom stereocenters. The molecule has 0 aliphatic rings. The molecule has 6 nitrogen and oxygen atoms in total. The molecule has 0 fully saturated rings. The number of imidazole rings is 1. The van der Waals surface area contributed by atoms with E-state index < -0.39 is 5.91 Å². The lowest BCUT2D eigenvalue weighted by atomic mass is 10.0. The van der Waals surface area contributed by atoms with E-state index in [2.05, 4.69) is 15.0 Å². The van der Waals surface area contributed by atoms with Gasteiger partial charge in [0, 0.05) is 18.2 Å². The van der Waals surface area contributed by atoms with E-state index in [0.717, 1.165) is 16.6 Å². The van der Waals surface area contributed by atoms with Crippen molar-refractivity contribution in [1.29, 1.82) is 0 Å². The number of rotatable bonds is 3. The number of hydrogen-bond donors (Lipinski definition) is 1. The Labute approximate surface area is 148 Å². The summed E-state index contributed by atoms with van der Waals surface area (Å²) in [6, 6.07) is 11.6. The molecule has 0 saturated carbocycles. The lowest BCUT2D eigenvalue weighted by molar-refractivity contribution is 0.0995. The van der Waals surface area contributed by atoms with E-state index >= 15 is 0 Å². The molecule has 2 N–H and O–H groups in total. The Morgan fingerprint density at radius 2 is 1.77 bits per heavy atom. The van der Waals surface area contributed by atoms with Gasteiger partial charge in [-0.2, -0.15) is 0 Å². The third-order valence-electron chi connectivity index (χ3n) is 4.14. The summed E-state index contributed by atoms with van der Waals surface area (Å²) in [6.45, 7) is 0. The van der Waals surface area contributed by atoms with Gasteiger partial charge in [-0.3, -0.25) is 9.78 Å². The number of aryl methyl sites for hydroxylation is 1. The van der Waals surface area contributed by atoms with Crippen molar-refractivity contribution in [3.63, 3.8) is 0 Å². The maximum absolute atomic E-state index is 13.3. The smallest absolute Gasteiger partial charge is 0.268 e. The maximum atomic E-state index is 13.3. The Hall–Kier alpha value is -3.61. The number of nitrogens with two attached hydrogens (primary N) is 1. The minimum atomic E-state index is -0.661. The van der Waals surface area contributed by atoms with Gasteiger partial charge in [0.15, 0.2) is 0 Å². The van der Waals surface area contributed by atoms with E-state index in [1.165, 1.54) is 18.3 Å². The number of benzene rings is 2. The van der Waals surface area contributed by atoms with E-state index in [9.17, 15) is 9.18 Å². The Morgan fingerprint density at radius 3 is 2.50 bits per heavy atom. The number of fused-ring (bicyclic) bond motifs is 1. The molecule has 0 unspecified atom stereocenters. The normalized spacial score (nSPS) is 11.0. The summed E-state index contributed by atoms with van der Waals surface area (Å²) < 4.78 is 15.2. The average molecular weight is 347 g/mol. The Morgan fingerprint density at radius 1 is 1.04 bits per heavy atom. The molecular weight excluding hydrogens is 333 g/mol. The van der Waals surface area contributed by atoms with Crippen LogP contribution in [0.3, 0.4) is 0 Å². The number of hydrogen-bond acceptors (Lipinski definition) is 4. The topological polar surface area (TPSA) is 86.7 Å². The van der Waals surface area contributed by atoms with Crippen LogP contribution < -0.4 is 5.73 Å². The molecule has 0 aliphatic carbocycles. The van der Waals surface area contributed by atoms with Crippen LogP contribution in [0.25, 0.3) is 33.5 Å². The van der Waals surface area contributed by atoms with Gasteiger partial charge < -0.3 is 10.3 Å². The highest BCUT2D eigenvalue weighted by Crippen LogP contribution is 2.30. The van der Waals surface area contributed by atoms with Crippen molar-refractivity contribution in [3.05, 3.63) is 66.5 Å². The third kappa shape index (κ3) is 2.69. The second-order valence-corrected chi connectivity index (χ2v) is 5.88. The molecule has 0 bridgehead atoms. The van der Waals surface area contributed by atoms with Crippen LogP contribution >= 0.6 is 0 Å². The largest absolute Gasteiger partial charge is 0.364 e. The van der Waals surface area contributed by atoms with Crippen LogP contribution in [-0.4, -0.2) is 25.4 Å². The van der Waals surface area contributed by atoms with E-state index in [0.29, 0.717) is 17.0 Å². The van der Waals surface area contributed by atoms with Gasteiger partial charge in [0.05, 0.1) is 34.9 Å². The van der Waals surface area contributed by atoms with Crippen LogP contribution in [0.5, 0.6) is 0 Å². The van der Waals surface area contributed by atoms with Crippen molar-refractivity contribution in [2.24, 2.45) is 12.8 Å². The van der Waals surface area contributed by atoms with Gasteiger partial charge in [-0.1, -0.05) is 6.07 Å². The number of nitrogens with zero attached hydrogens (tertiary/aromatic N) is 4. The van der Waals surface area contributed by atoms with Crippen molar-refractivity contribution in [2.75, 3.05) is 0 Å². The predicted molar refractivity (Wildman–Crippen MR) is 95.7 cm³/mol. The number of amides is 1. The van der Waals surface area contributed by atoms with Crippen LogP contribution in [-0.2, 0) is 7.05 Å². The number of primary amides is 1. The van der Waals surface area contributed by atoms with Gasteiger partial charge in [0.2, 0.25) is 0 Å². The number of aromatic nitrogens is 4. The molecule has 2 aromatic heterocycles. The van der Waals surface area contributed by atoms with Gasteiger partial charge in [-0.05, 0) is 36.4 Å². The molecule has 1 amide bonds. The van der Waals surface area contributed by atoms with Crippen molar-refractivity contribution < 1.29 is 9.18 Å². The number of carbonyl (C=O) groups is 1. The zero-order valence-corrected chi connectivity index (χ0v) is 13.8. The van der Waals surface area contributed by atoms with Crippen LogP contribution in [0.1, 0.15) is 10.5 Å². The number of carbonyl (C=O) groups excluding carboxylic acids is 1. The first-order valence-corrected chi connectivity index (χ1v) is 7.87. The average Bonchev–Trinajstić information content (AvgIpc) is 3.02. The monoisotopic (exact) mass is 347 g/mol. The highest BCUT2D eigenvalue weighted by molar-refractivity contribution is 5.92. The molecule has 0 aliphatic heterocycles. The van der Waals surface area contributed by atoms with Crippen LogP contribution in [0.4, 0.5) is 4.39 Å². The maximum Gasteiger partial charge on any atom is 0.268 e. The second-order valence-electron chi connectivity index (χ2n) is 5.88. The summed E-state index contributed by atoms with van der Waals surface area (Å²) in [5, 5.41) is 0. The summed E-state index contributed by atoms with van der Waals surface area (Å²) in [7, 11) is 1.89. The Bertz CT molecular complexity index is 1130. The molecule has 7 heteroatoms. The minimum absolute atomic E-state index is 0.0657. The van der Waals surface area contributed by atoms with Crippen LogP contribution in [0.15, 0.2) is 55.0 Å². The third-order valence-corrected chi connectivity index (χ3v) is 4.14. The van der Waals surface area contributed by atoms with Crippen molar-refractivity contribution in [3.8, 4) is 22.5 Å². The fraction of sp³-hybridized carbons (Fsp3) is 0.0526. The van der Waals surface area contributed by atoms with E-state index in [4.69, 9.17) is 5.73 Å². The lowest BCUT2D eigenvalue weighted by Crippen LogP contribution is -2.14.